The van der Waals surface area contributed by atoms with Crippen molar-refractivity contribution in [1.29, 1.82) is 0 Å². The smallest absolute Gasteiger partial charge is 0.306 e. The molecule has 0 bridgehead atoms. The second-order valence-corrected chi connectivity index (χ2v) is 6.42. The number of rotatable bonds is 9. The minimum Gasteiger partial charge on any atom is -0.494 e. The summed E-state index contributed by atoms with van der Waals surface area (Å²) in [6.07, 6.45) is -0.0591. The zero-order valence-corrected chi connectivity index (χ0v) is 16.6. The van der Waals surface area contributed by atoms with E-state index >= 15 is 0 Å². The van der Waals surface area contributed by atoms with Gasteiger partial charge in [0.05, 0.1) is 11.5 Å². The Morgan fingerprint density at radius 2 is 1.90 bits per heavy atom. The van der Waals surface area contributed by atoms with Crippen molar-refractivity contribution in [3.63, 3.8) is 0 Å². The monoisotopic (exact) mass is 411 g/mol. The zero-order valence-electron chi connectivity index (χ0n) is 16.6. The maximum absolute atomic E-state index is 12.2. The van der Waals surface area contributed by atoms with Crippen LogP contribution in [0.4, 0.5) is 5.69 Å². The van der Waals surface area contributed by atoms with Crippen molar-refractivity contribution in [2.45, 2.75) is 32.8 Å². The number of para-hydroxylation sites is 1. The maximum atomic E-state index is 12.2. The number of nitro groups is 1. The number of non-ortho nitro benzene ring substituents is 1. The number of aromatic nitrogens is 2. The van der Waals surface area contributed by atoms with Crippen molar-refractivity contribution < 1.29 is 23.6 Å². The molecule has 1 atom stereocenters. The fourth-order valence-corrected chi connectivity index (χ4v) is 2.79. The van der Waals surface area contributed by atoms with Crippen molar-refractivity contribution in [2.24, 2.45) is 0 Å². The zero-order chi connectivity index (χ0) is 21.5. The molecule has 0 saturated carbocycles. The van der Waals surface area contributed by atoms with E-state index in [4.69, 9.17) is 13.9 Å². The van der Waals surface area contributed by atoms with E-state index in [0.717, 1.165) is 11.3 Å². The SMILES string of the molecule is CCOc1ccccc1CCC(=O)O[C@H](C)c1nnc(-c2ccc([N+](=O)[O-])cc2)o1. The summed E-state index contributed by atoms with van der Waals surface area (Å²) in [5, 5.41) is 18.6. The van der Waals surface area contributed by atoms with Gasteiger partial charge >= 0.3 is 5.97 Å². The van der Waals surface area contributed by atoms with Crippen LogP contribution in [-0.4, -0.2) is 27.7 Å². The minimum absolute atomic E-state index is 0.0355. The molecule has 0 aliphatic heterocycles. The van der Waals surface area contributed by atoms with Crippen LogP contribution in [0.2, 0.25) is 0 Å². The highest BCUT2D eigenvalue weighted by Crippen LogP contribution is 2.25. The Morgan fingerprint density at radius 1 is 1.17 bits per heavy atom. The van der Waals surface area contributed by atoms with E-state index < -0.39 is 17.0 Å². The van der Waals surface area contributed by atoms with Crippen molar-refractivity contribution in [1.82, 2.24) is 10.2 Å². The Morgan fingerprint density at radius 3 is 2.60 bits per heavy atom. The molecule has 0 amide bonds. The quantitative estimate of drug-likeness (QED) is 0.291. The van der Waals surface area contributed by atoms with Gasteiger partial charge in [0, 0.05) is 24.1 Å². The van der Waals surface area contributed by atoms with E-state index in [1.54, 1.807) is 6.92 Å². The summed E-state index contributed by atoms with van der Waals surface area (Å²) in [6, 6.07) is 13.3. The molecule has 0 aliphatic rings. The number of hydrogen-bond acceptors (Lipinski definition) is 8. The Hall–Kier alpha value is -3.75. The summed E-state index contributed by atoms with van der Waals surface area (Å²) < 4.78 is 16.5. The first-order chi connectivity index (χ1) is 14.5. The predicted octanol–water partition coefficient (Wildman–Crippen LogP) is 4.28. The summed E-state index contributed by atoms with van der Waals surface area (Å²) in [5.41, 5.74) is 1.43. The van der Waals surface area contributed by atoms with Crippen LogP contribution in [0.25, 0.3) is 11.5 Å². The fourth-order valence-electron chi connectivity index (χ4n) is 2.79. The standard InChI is InChI=1S/C21H21N3O6/c1-3-28-18-7-5-4-6-15(18)10-13-19(25)29-14(2)20-22-23-21(30-20)16-8-11-17(12-9-16)24(26)27/h4-9,11-12,14H,3,10,13H2,1-2H3/t14-/m1/s1. The van der Waals surface area contributed by atoms with Crippen LogP contribution in [0.3, 0.4) is 0 Å². The number of ether oxygens (including phenoxy) is 2. The first kappa shape index (κ1) is 21.0. The van der Waals surface area contributed by atoms with Crippen LogP contribution in [0.5, 0.6) is 5.75 Å². The van der Waals surface area contributed by atoms with E-state index in [-0.39, 0.29) is 23.9 Å². The van der Waals surface area contributed by atoms with Crippen LogP contribution < -0.4 is 4.74 Å². The molecule has 156 valence electrons. The van der Waals surface area contributed by atoms with Crippen LogP contribution in [0.15, 0.2) is 52.9 Å². The molecule has 1 heterocycles. The van der Waals surface area contributed by atoms with Crippen molar-refractivity contribution in [3.05, 3.63) is 70.1 Å². The summed E-state index contributed by atoms with van der Waals surface area (Å²) in [4.78, 5) is 22.5. The summed E-state index contributed by atoms with van der Waals surface area (Å²) >= 11 is 0. The highest BCUT2D eigenvalue weighted by Gasteiger charge is 2.19. The van der Waals surface area contributed by atoms with Gasteiger partial charge in [0.15, 0.2) is 6.10 Å². The molecule has 0 unspecified atom stereocenters. The third-order valence-corrected chi connectivity index (χ3v) is 4.29. The molecule has 0 N–H and O–H groups in total. The molecule has 0 radical (unpaired) electrons. The van der Waals surface area contributed by atoms with Gasteiger partial charge < -0.3 is 13.9 Å². The van der Waals surface area contributed by atoms with Gasteiger partial charge in [0.2, 0.25) is 5.89 Å². The molecular weight excluding hydrogens is 390 g/mol. The Balaban J connectivity index is 1.58. The van der Waals surface area contributed by atoms with E-state index in [0.29, 0.717) is 18.6 Å². The third kappa shape index (κ3) is 5.19. The molecule has 9 heteroatoms. The molecule has 0 fully saturated rings. The largest absolute Gasteiger partial charge is 0.494 e. The topological polar surface area (TPSA) is 118 Å². The molecule has 9 nitrogen and oxygen atoms in total. The van der Waals surface area contributed by atoms with Crippen LogP contribution >= 0.6 is 0 Å². The van der Waals surface area contributed by atoms with Gasteiger partial charge in [-0.05, 0) is 44.0 Å². The first-order valence-electron chi connectivity index (χ1n) is 9.46. The molecule has 30 heavy (non-hydrogen) atoms. The van der Waals surface area contributed by atoms with E-state index in [1.165, 1.54) is 24.3 Å². The van der Waals surface area contributed by atoms with Crippen LogP contribution in [0, 0.1) is 10.1 Å². The average Bonchev–Trinajstić information content (AvgIpc) is 3.24. The summed E-state index contributed by atoms with van der Waals surface area (Å²) in [7, 11) is 0. The summed E-state index contributed by atoms with van der Waals surface area (Å²) in [6.45, 7) is 4.09. The molecule has 3 aromatic rings. The van der Waals surface area contributed by atoms with Gasteiger partial charge in [-0.3, -0.25) is 14.9 Å². The molecule has 3 rings (SSSR count). The lowest BCUT2D eigenvalue weighted by molar-refractivity contribution is -0.384. The Labute approximate surface area is 172 Å². The van der Waals surface area contributed by atoms with Crippen molar-refractivity contribution >= 4 is 11.7 Å². The number of carbonyl (C=O) groups excluding carboxylic acids is 1. The summed E-state index contributed by atoms with van der Waals surface area (Å²) in [5.74, 6) is 0.689. The van der Waals surface area contributed by atoms with Crippen LogP contribution in [-0.2, 0) is 16.0 Å². The van der Waals surface area contributed by atoms with Crippen molar-refractivity contribution in [2.75, 3.05) is 6.61 Å². The number of aryl methyl sites for hydroxylation is 1. The number of esters is 1. The Kier molecular flexibility index (Phi) is 6.74. The van der Waals surface area contributed by atoms with Gasteiger partial charge in [0.1, 0.15) is 5.75 Å². The number of benzene rings is 2. The second kappa shape index (κ2) is 9.64. The molecule has 2 aromatic carbocycles. The lowest BCUT2D eigenvalue weighted by Crippen LogP contribution is -2.10. The lowest BCUT2D eigenvalue weighted by atomic mass is 10.1. The van der Waals surface area contributed by atoms with Gasteiger partial charge in [-0.1, -0.05) is 18.2 Å². The van der Waals surface area contributed by atoms with E-state index in [2.05, 4.69) is 10.2 Å². The molecule has 0 aliphatic carbocycles. The van der Waals surface area contributed by atoms with Gasteiger partial charge in [-0.2, -0.15) is 0 Å². The first-order valence-corrected chi connectivity index (χ1v) is 9.46. The van der Waals surface area contributed by atoms with Crippen LogP contribution in [0.1, 0.15) is 37.8 Å². The minimum atomic E-state index is -0.723. The fraction of sp³-hybridized carbons (Fsp3) is 0.286. The molecule has 0 saturated heterocycles. The highest BCUT2D eigenvalue weighted by atomic mass is 16.6. The number of nitro benzene ring substituents is 1. The van der Waals surface area contributed by atoms with Gasteiger partial charge in [0.25, 0.3) is 11.6 Å². The number of nitrogens with zero attached hydrogens (tertiary/aromatic N) is 3. The average molecular weight is 411 g/mol. The maximum Gasteiger partial charge on any atom is 0.306 e. The number of hydrogen-bond donors (Lipinski definition) is 0. The van der Waals surface area contributed by atoms with E-state index in [9.17, 15) is 14.9 Å². The molecular formula is C21H21N3O6. The molecule has 1 aromatic heterocycles. The van der Waals surface area contributed by atoms with Gasteiger partial charge in [-0.25, -0.2) is 0 Å². The number of carbonyl (C=O) groups is 1. The van der Waals surface area contributed by atoms with Gasteiger partial charge in [-0.15, -0.1) is 10.2 Å². The third-order valence-electron chi connectivity index (χ3n) is 4.29. The second-order valence-electron chi connectivity index (χ2n) is 6.42. The van der Waals surface area contributed by atoms with E-state index in [1.807, 2.05) is 31.2 Å². The normalized spacial score (nSPS) is 11.7. The Bertz CT molecular complexity index is 1020. The molecule has 0 spiro atoms. The highest BCUT2D eigenvalue weighted by molar-refractivity contribution is 5.70. The lowest BCUT2D eigenvalue weighted by Gasteiger charge is -2.11. The predicted molar refractivity (Wildman–Crippen MR) is 107 cm³/mol. The van der Waals surface area contributed by atoms with Crippen molar-refractivity contribution in [3.8, 4) is 17.2 Å².